The van der Waals surface area contributed by atoms with Gasteiger partial charge in [-0.1, -0.05) is 13.8 Å². The van der Waals surface area contributed by atoms with Gasteiger partial charge in [-0.05, 0) is 25.0 Å². The Bertz CT molecular complexity index is 543. The minimum Gasteiger partial charge on any atom is -0.449 e. The summed E-state index contributed by atoms with van der Waals surface area (Å²) in [7, 11) is 0. The van der Waals surface area contributed by atoms with Gasteiger partial charge >= 0.3 is 0 Å². The van der Waals surface area contributed by atoms with Crippen LogP contribution in [0.25, 0.3) is 11.5 Å². The van der Waals surface area contributed by atoms with E-state index in [0.717, 1.165) is 10.7 Å². The minimum atomic E-state index is -0.179. The predicted octanol–water partition coefficient (Wildman–Crippen LogP) is 3.10. The average Bonchev–Trinajstić information content (AvgIpc) is 2.93. The van der Waals surface area contributed by atoms with Crippen molar-refractivity contribution in [3.8, 4) is 11.5 Å². The smallest absolute Gasteiger partial charge is 0.287 e. The number of rotatable bonds is 4. The van der Waals surface area contributed by atoms with Crippen LogP contribution in [0.3, 0.4) is 0 Å². The Hall–Kier alpha value is -1.62. The lowest BCUT2D eigenvalue weighted by molar-refractivity contribution is 0.0922. The Kier molecular flexibility index (Phi) is 3.81. The number of thiazole rings is 1. The number of hydrogen-bond donors (Lipinski definition) is 1. The van der Waals surface area contributed by atoms with E-state index in [2.05, 4.69) is 10.3 Å². The highest BCUT2D eigenvalue weighted by Crippen LogP contribution is 2.23. The van der Waals surface area contributed by atoms with Crippen LogP contribution in [0.5, 0.6) is 0 Å². The average molecular weight is 264 g/mol. The molecule has 0 saturated carbocycles. The first-order valence-corrected chi connectivity index (χ1v) is 6.74. The van der Waals surface area contributed by atoms with E-state index in [1.807, 2.05) is 26.2 Å². The van der Waals surface area contributed by atoms with Crippen molar-refractivity contribution in [2.75, 3.05) is 6.54 Å². The summed E-state index contributed by atoms with van der Waals surface area (Å²) >= 11 is 1.56. The molecule has 2 aromatic heterocycles. The molecular weight excluding hydrogens is 248 g/mol. The molecule has 0 aliphatic carbocycles. The first kappa shape index (κ1) is 12.8. The predicted molar refractivity (Wildman–Crippen MR) is 71.7 cm³/mol. The number of nitrogens with one attached hydrogen (secondary N) is 1. The summed E-state index contributed by atoms with van der Waals surface area (Å²) in [4.78, 5) is 16.1. The number of amides is 1. The van der Waals surface area contributed by atoms with Gasteiger partial charge in [-0.25, -0.2) is 4.98 Å². The molecule has 5 heteroatoms. The zero-order chi connectivity index (χ0) is 13.1. The number of carbonyl (C=O) groups excluding carboxylic acids is 1. The van der Waals surface area contributed by atoms with Crippen LogP contribution < -0.4 is 5.32 Å². The lowest BCUT2D eigenvalue weighted by Crippen LogP contribution is -2.26. The highest BCUT2D eigenvalue weighted by molar-refractivity contribution is 7.09. The molecule has 0 fully saturated rings. The summed E-state index contributed by atoms with van der Waals surface area (Å²) in [6.45, 7) is 6.68. The summed E-state index contributed by atoms with van der Waals surface area (Å²) in [5.74, 6) is 1.21. The van der Waals surface area contributed by atoms with E-state index in [4.69, 9.17) is 4.42 Å². The molecule has 1 amide bonds. The van der Waals surface area contributed by atoms with Crippen LogP contribution in [0.2, 0.25) is 0 Å². The molecule has 2 aromatic rings. The Balaban J connectivity index is 2.08. The largest absolute Gasteiger partial charge is 0.449 e. The highest BCUT2D eigenvalue weighted by Gasteiger charge is 2.13. The van der Waals surface area contributed by atoms with Gasteiger partial charge in [-0.3, -0.25) is 4.79 Å². The molecule has 0 aromatic carbocycles. The topological polar surface area (TPSA) is 55.1 Å². The van der Waals surface area contributed by atoms with Crippen LogP contribution in [0.1, 0.15) is 29.4 Å². The first-order valence-electron chi connectivity index (χ1n) is 5.87. The van der Waals surface area contributed by atoms with Crippen LogP contribution in [0, 0.1) is 12.8 Å². The van der Waals surface area contributed by atoms with Crippen molar-refractivity contribution in [3.63, 3.8) is 0 Å². The maximum atomic E-state index is 11.8. The summed E-state index contributed by atoms with van der Waals surface area (Å²) in [6, 6.07) is 3.46. The quantitative estimate of drug-likeness (QED) is 0.923. The maximum Gasteiger partial charge on any atom is 0.287 e. The summed E-state index contributed by atoms with van der Waals surface area (Å²) in [5.41, 5.74) is 0.778. The number of nitrogens with zero attached hydrogens (tertiary/aromatic N) is 1. The van der Waals surface area contributed by atoms with Crippen molar-refractivity contribution in [2.24, 2.45) is 5.92 Å². The van der Waals surface area contributed by atoms with Crippen molar-refractivity contribution in [1.29, 1.82) is 0 Å². The molecule has 4 nitrogen and oxygen atoms in total. The van der Waals surface area contributed by atoms with E-state index in [-0.39, 0.29) is 5.91 Å². The molecule has 2 rings (SSSR count). The van der Waals surface area contributed by atoms with Gasteiger partial charge in [0.25, 0.3) is 5.91 Å². The van der Waals surface area contributed by atoms with Crippen molar-refractivity contribution in [1.82, 2.24) is 10.3 Å². The summed E-state index contributed by atoms with van der Waals surface area (Å²) < 4.78 is 5.51. The third kappa shape index (κ3) is 2.98. The van der Waals surface area contributed by atoms with Crippen molar-refractivity contribution in [3.05, 3.63) is 28.3 Å². The van der Waals surface area contributed by atoms with Gasteiger partial charge in [-0.2, -0.15) is 0 Å². The highest BCUT2D eigenvalue weighted by atomic mass is 32.1. The van der Waals surface area contributed by atoms with E-state index in [1.165, 1.54) is 0 Å². The van der Waals surface area contributed by atoms with E-state index in [0.29, 0.717) is 24.0 Å². The molecule has 0 radical (unpaired) electrons. The summed E-state index contributed by atoms with van der Waals surface area (Å²) in [6.07, 6.45) is 0. The van der Waals surface area contributed by atoms with Gasteiger partial charge in [0.05, 0.1) is 5.01 Å². The lowest BCUT2D eigenvalue weighted by atomic mass is 10.2. The molecule has 0 bridgehead atoms. The molecule has 0 aliphatic heterocycles. The van der Waals surface area contributed by atoms with E-state index in [9.17, 15) is 4.79 Å². The van der Waals surface area contributed by atoms with Crippen LogP contribution in [-0.4, -0.2) is 17.4 Å². The van der Waals surface area contributed by atoms with E-state index in [1.54, 1.807) is 23.5 Å². The van der Waals surface area contributed by atoms with Crippen molar-refractivity contribution >= 4 is 17.2 Å². The zero-order valence-electron chi connectivity index (χ0n) is 10.7. The second-order valence-electron chi connectivity index (χ2n) is 4.52. The summed E-state index contributed by atoms with van der Waals surface area (Å²) in [5, 5.41) is 5.72. The molecule has 0 unspecified atom stereocenters. The number of hydrogen-bond acceptors (Lipinski definition) is 4. The molecule has 18 heavy (non-hydrogen) atoms. The fourth-order valence-electron chi connectivity index (χ4n) is 1.46. The molecule has 0 spiro atoms. The molecule has 96 valence electrons. The third-order valence-electron chi connectivity index (χ3n) is 2.37. The molecule has 0 atom stereocenters. The van der Waals surface area contributed by atoms with Crippen molar-refractivity contribution in [2.45, 2.75) is 20.8 Å². The Morgan fingerprint density at radius 2 is 2.28 bits per heavy atom. The molecule has 0 saturated heterocycles. The van der Waals surface area contributed by atoms with Crippen LogP contribution >= 0.6 is 11.3 Å². The Morgan fingerprint density at radius 1 is 1.50 bits per heavy atom. The maximum absolute atomic E-state index is 11.8. The minimum absolute atomic E-state index is 0.179. The second kappa shape index (κ2) is 5.35. The van der Waals surface area contributed by atoms with Crippen LogP contribution in [0.4, 0.5) is 0 Å². The Morgan fingerprint density at radius 3 is 2.89 bits per heavy atom. The lowest BCUT2D eigenvalue weighted by Gasteiger charge is -2.05. The first-order chi connectivity index (χ1) is 8.56. The fourth-order valence-corrected chi connectivity index (χ4v) is 2.06. The molecule has 2 heterocycles. The number of aromatic nitrogens is 1. The van der Waals surface area contributed by atoms with Gasteiger partial charge in [0, 0.05) is 11.9 Å². The third-order valence-corrected chi connectivity index (χ3v) is 3.15. The number of carbonyl (C=O) groups is 1. The molecular formula is C13H16N2O2S. The number of aryl methyl sites for hydroxylation is 1. The zero-order valence-corrected chi connectivity index (χ0v) is 11.5. The van der Waals surface area contributed by atoms with Gasteiger partial charge in [-0.15, -0.1) is 11.3 Å². The molecule has 1 N–H and O–H groups in total. The van der Waals surface area contributed by atoms with Crippen LogP contribution in [0.15, 0.2) is 21.9 Å². The second-order valence-corrected chi connectivity index (χ2v) is 5.58. The van der Waals surface area contributed by atoms with Crippen LogP contribution in [-0.2, 0) is 0 Å². The number of furan rings is 1. The van der Waals surface area contributed by atoms with E-state index >= 15 is 0 Å². The Labute approximate surface area is 110 Å². The van der Waals surface area contributed by atoms with Crippen molar-refractivity contribution < 1.29 is 9.21 Å². The molecule has 0 aliphatic rings. The van der Waals surface area contributed by atoms with Gasteiger partial charge < -0.3 is 9.73 Å². The fraction of sp³-hybridized carbons (Fsp3) is 0.385. The SMILES string of the molecule is Cc1nc(-c2ccc(C(=O)NCC(C)C)o2)cs1. The van der Waals surface area contributed by atoms with Gasteiger partial charge in [0.15, 0.2) is 11.5 Å². The normalized spacial score (nSPS) is 10.9. The van der Waals surface area contributed by atoms with Gasteiger partial charge in [0.1, 0.15) is 5.69 Å². The van der Waals surface area contributed by atoms with E-state index < -0.39 is 0 Å². The standard InChI is InChI=1S/C13H16N2O2S/c1-8(2)6-14-13(16)12-5-4-11(17-12)10-7-18-9(3)15-10/h4-5,7-8H,6H2,1-3H3,(H,14,16). The monoisotopic (exact) mass is 264 g/mol. The van der Waals surface area contributed by atoms with Gasteiger partial charge in [0.2, 0.25) is 0 Å².